The number of aryl methyl sites for hydroxylation is 2. The summed E-state index contributed by atoms with van der Waals surface area (Å²) in [5, 5.41) is 11.4. The molecule has 1 N–H and O–H groups in total. The molecule has 2 saturated carbocycles. The number of fused-ring (bicyclic) bond motifs is 1. The highest BCUT2D eigenvalue weighted by Crippen LogP contribution is 2.62. The van der Waals surface area contributed by atoms with Crippen LogP contribution in [0.3, 0.4) is 0 Å². The molecule has 2 fully saturated rings. The molecule has 27 heavy (non-hydrogen) atoms. The van der Waals surface area contributed by atoms with Crippen molar-refractivity contribution in [2.24, 2.45) is 22.7 Å². The van der Waals surface area contributed by atoms with Gasteiger partial charge in [0.25, 0.3) is 0 Å². The number of rotatable bonds is 3. The lowest BCUT2D eigenvalue weighted by atomic mass is 9.45. The lowest BCUT2D eigenvalue weighted by Crippen LogP contribution is -2.57. The van der Waals surface area contributed by atoms with E-state index >= 15 is 0 Å². The first kappa shape index (κ1) is 20.9. The van der Waals surface area contributed by atoms with Gasteiger partial charge in [0.15, 0.2) is 0 Å². The first-order chi connectivity index (χ1) is 12.4. The Morgan fingerprint density at radius 2 is 1.59 bits per heavy atom. The van der Waals surface area contributed by atoms with Gasteiger partial charge in [-0.05, 0) is 124 Å². The van der Waals surface area contributed by atoms with Gasteiger partial charge in [-0.2, -0.15) is 0 Å². The standard InChI is InChI=1S/C26H42O/c1-17-16-21(20(4)19(3)18(17)2)10-11-23-25(7)14-9-13-24(5,6)22(25)12-15-26(23,8)27/h16,22-23,27H,9-15H2,1-8H3/t22?,23-,25+,26-/m1/s1. The molecule has 1 heteroatoms. The van der Waals surface area contributed by atoms with E-state index in [-0.39, 0.29) is 5.41 Å². The van der Waals surface area contributed by atoms with E-state index in [1.807, 2.05) is 0 Å². The van der Waals surface area contributed by atoms with E-state index in [0.29, 0.717) is 11.3 Å². The van der Waals surface area contributed by atoms with E-state index in [0.717, 1.165) is 25.2 Å². The number of hydrogen-bond donors (Lipinski definition) is 1. The van der Waals surface area contributed by atoms with Crippen LogP contribution in [0.25, 0.3) is 0 Å². The minimum atomic E-state index is -0.526. The molecule has 0 bridgehead atoms. The van der Waals surface area contributed by atoms with E-state index in [9.17, 15) is 5.11 Å². The molecule has 0 saturated heterocycles. The normalized spacial score (nSPS) is 35.7. The van der Waals surface area contributed by atoms with E-state index in [1.165, 1.54) is 53.5 Å². The topological polar surface area (TPSA) is 20.2 Å². The predicted molar refractivity (Wildman–Crippen MR) is 116 cm³/mol. The molecule has 0 amide bonds. The largest absolute Gasteiger partial charge is 0.390 e. The van der Waals surface area contributed by atoms with E-state index in [2.05, 4.69) is 61.5 Å². The average molecular weight is 371 g/mol. The zero-order valence-electron chi connectivity index (χ0n) is 19.1. The van der Waals surface area contributed by atoms with Crippen LogP contribution in [0.5, 0.6) is 0 Å². The van der Waals surface area contributed by atoms with Crippen molar-refractivity contribution in [1.82, 2.24) is 0 Å². The van der Waals surface area contributed by atoms with Crippen LogP contribution in [0.2, 0.25) is 0 Å². The molecular weight excluding hydrogens is 328 g/mol. The zero-order valence-corrected chi connectivity index (χ0v) is 19.1. The summed E-state index contributed by atoms with van der Waals surface area (Å²) >= 11 is 0. The maximum Gasteiger partial charge on any atom is 0.0653 e. The van der Waals surface area contributed by atoms with Crippen LogP contribution < -0.4 is 0 Å². The van der Waals surface area contributed by atoms with Crippen molar-refractivity contribution < 1.29 is 5.11 Å². The van der Waals surface area contributed by atoms with Gasteiger partial charge in [-0.3, -0.25) is 0 Å². The first-order valence-corrected chi connectivity index (χ1v) is 11.2. The molecule has 2 aliphatic carbocycles. The van der Waals surface area contributed by atoms with Crippen molar-refractivity contribution in [1.29, 1.82) is 0 Å². The summed E-state index contributed by atoms with van der Waals surface area (Å²) in [4.78, 5) is 0. The summed E-state index contributed by atoms with van der Waals surface area (Å²) in [6.07, 6.45) is 8.30. The molecule has 0 aliphatic heterocycles. The van der Waals surface area contributed by atoms with Crippen LogP contribution >= 0.6 is 0 Å². The molecule has 3 rings (SSSR count). The quantitative estimate of drug-likeness (QED) is 0.617. The van der Waals surface area contributed by atoms with Crippen molar-refractivity contribution >= 4 is 0 Å². The third-order valence-electron chi connectivity index (χ3n) is 9.05. The second-order valence-corrected chi connectivity index (χ2v) is 11.1. The summed E-state index contributed by atoms with van der Waals surface area (Å²) < 4.78 is 0. The number of hydrogen-bond acceptors (Lipinski definition) is 1. The molecular formula is C26H42O. The van der Waals surface area contributed by atoms with E-state index in [4.69, 9.17) is 0 Å². The van der Waals surface area contributed by atoms with Crippen LogP contribution in [0.15, 0.2) is 6.07 Å². The fourth-order valence-electron chi connectivity index (χ4n) is 7.12. The average Bonchev–Trinajstić information content (AvgIpc) is 2.55. The third-order valence-corrected chi connectivity index (χ3v) is 9.05. The summed E-state index contributed by atoms with van der Waals surface area (Å²) in [6.45, 7) is 18.6. The maximum atomic E-state index is 11.4. The number of benzene rings is 1. The molecule has 1 unspecified atom stereocenters. The second kappa shape index (κ2) is 6.90. The Balaban J connectivity index is 1.90. The summed E-state index contributed by atoms with van der Waals surface area (Å²) in [5.41, 5.74) is 7.39. The monoisotopic (exact) mass is 370 g/mol. The fourth-order valence-corrected chi connectivity index (χ4v) is 7.12. The van der Waals surface area contributed by atoms with Gasteiger partial charge in [-0.1, -0.05) is 33.3 Å². The van der Waals surface area contributed by atoms with Gasteiger partial charge in [0.1, 0.15) is 0 Å². The lowest BCUT2D eigenvalue weighted by molar-refractivity contribution is -0.168. The smallest absolute Gasteiger partial charge is 0.0653 e. The van der Waals surface area contributed by atoms with Crippen LogP contribution in [-0.4, -0.2) is 10.7 Å². The maximum absolute atomic E-state index is 11.4. The Labute approximate surface area is 168 Å². The predicted octanol–water partition coefficient (Wildman–Crippen LogP) is 6.85. The minimum absolute atomic E-state index is 0.270. The van der Waals surface area contributed by atoms with Gasteiger partial charge >= 0.3 is 0 Å². The van der Waals surface area contributed by atoms with Gasteiger partial charge < -0.3 is 5.11 Å². The van der Waals surface area contributed by atoms with Crippen molar-refractivity contribution in [2.45, 2.75) is 106 Å². The molecule has 4 atom stereocenters. The Bertz CT molecular complexity index is 711. The van der Waals surface area contributed by atoms with Gasteiger partial charge in [0, 0.05) is 0 Å². The second-order valence-electron chi connectivity index (χ2n) is 11.1. The van der Waals surface area contributed by atoms with Gasteiger partial charge in [0.2, 0.25) is 0 Å². The Morgan fingerprint density at radius 3 is 2.26 bits per heavy atom. The van der Waals surface area contributed by atoms with Crippen molar-refractivity contribution in [3.05, 3.63) is 33.9 Å². The Morgan fingerprint density at radius 1 is 0.926 bits per heavy atom. The Kier molecular flexibility index (Phi) is 5.34. The lowest BCUT2D eigenvalue weighted by Gasteiger charge is -2.61. The summed E-state index contributed by atoms with van der Waals surface area (Å²) in [7, 11) is 0. The SMILES string of the molecule is Cc1cc(CC[C@@H]2[C@@]3(C)CCCC(C)(C)C3CC[C@@]2(C)O)c(C)c(C)c1C. The van der Waals surface area contributed by atoms with Gasteiger partial charge in [-0.25, -0.2) is 0 Å². The van der Waals surface area contributed by atoms with Crippen LogP contribution in [0.1, 0.15) is 94.0 Å². The van der Waals surface area contributed by atoms with Crippen molar-refractivity contribution in [2.75, 3.05) is 0 Å². The molecule has 0 aromatic heterocycles. The van der Waals surface area contributed by atoms with Crippen LogP contribution in [0.4, 0.5) is 0 Å². The van der Waals surface area contributed by atoms with Crippen molar-refractivity contribution in [3.63, 3.8) is 0 Å². The summed E-state index contributed by atoms with van der Waals surface area (Å²) in [6, 6.07) is 2.40. The van der Waals surface area contributed by atoms with E-state index < -0.39 is 5.60 Å². The highest BCUT2D eigenvalue weighted by atomic mass is 16.3. The molecule has 0 heterocycles. The first-order valence-electron chi connectivity index (χ1n) is 11.2. The molecule has 2 aliphatic rings. The van der Waals surface area contributed by atoms with Crippen molar-refractivity contribution in [3.8, 4) is 0 Å². The molecule has 1 aromatic rings. The zero-order chi connectivity index (χ0) is 20.2. The van der Waals surface area contributed by atoms with Gasteiger partial charge in [0.05, 0.1) is 5.60 Å². The molecule has 152 valence electrons. The molecule has 0 radical (unpaired) electrons. The molecule has 0 spiro atoms. The summed E-state index contributed by atoms with van der Waals surface area (Å²) in [5.74, 6) is 1.14. The molecule has 1 nitrogen and oxygen atoms in total. The highest BCUT2D eigenvalue weighted by molar-refractivity contribution is 5.43. The van der Waals surface area contributed by atoms with E-state index in [1.54, 1.807) is 0 Å². The Hall–Kier alpha value is -0.820. The number of aliphatic hydroxyl groups is 1. The fraction of sp³-hybridized carbons (Fsp3) is 0.769. The van der Waals surface area contributed by atoms with Gasteiger partial charge in [-0.15, -0.1) is 0 Å². The highest BCUT2D eigenvalue weighted by Gasteiger charge is 2.57. The van der Waals surface area contributed by atoms with Crippen LogP contribution in [-0.2, 0) is 6.42 Å². The molecule has 1 aromatic carbocycles. The van der Waals surface area contributed by atoms with Crippen LogP contribution in [0, 0.1) is 50.4 Å². The third kappa shape index (κ3) is 3.50. The minimum Gasteiger partial charge on any atom is -0.390 e.